The van der Waals surface area contributed by atoms with Gasteiger partial charge in [-0.2, -0.15) is 9.57 Å². The topological polar surface area (TPSA) is 116 Å². The Morgan fingerprint density at radius 1 is 1.23 bits per heavy atom. The third kappa shape index (κ3) is 4.32. The summed E-state index contributed by atoms with van der Waals surface area (Å²) in [5, 5.41) is 20.0. The van der Waals surface area contributed by atoms with Crippen LogP contribution >= 0.6 is 11.3 Å². The van der Waals surface area contributed by atoms with E-state index in [1.807, 2.05) is 6.07 Å². The maximum atomic E-state index is 13.3. The highest BCUT2D eigenvalue weighted by Gasteiger charge is 2.38. The molecule has 1 amide bonds. The van der Waals surface area contributed by atoms with Crippen molar-refractivity contribution < 1.29 is 17.6 Å². The number of hydrogen-bond donors (Lipinski definition) is 1. The van der Waals surface area contributed by atoms with E-state index in [1.54, 1.807) is 6.07 Å². The van der Waals surface area contributed by atoms with Crippen molar-refractivity contribution in [2.24, 2.45) is 0 Å². The SMILES string of the molecule is N#Cc1cccc(S(=O)(=O)N2CCC[C@@H]2c2nnc(C(=O)Nc3cccc(F)c3)s2)c1. The van der Waals surface area contributed by atoms with Crippen molar-refractivity contribution in [2.75, 3.05) is 11.9 Å². The predicted octanol–water partition coefficient (Wildman–Crippen LogP) is 3.33. The summed E-state index contributed by atoms with van der Waals surface area (Å²) in [6.07, 6.45) is 1.17. The number of aromatic nitrogens is 2. The number of nitrogens with zero attached hydrogens (tertiary/aromatic N) is 4. The van der Waals surface area contributed by atoms with Crippen LogP contribution in [0.15, 0.2) is 53.4 Å². The zero-order valence-corrected chi connectivity index (χ0v) is 17.7. The minimum Gasteiger partial charge on any atom is -0.320 e. The second kappa shape index (κ2) is 8.50. The number of carbonyl (C=O) groups is 1. The molecule has 1 aromatic heterocycles. The Balaban J connectivity index is 1.56. The van der Waals surface area contributed by atoms with Crippen LogP contribution in [0.1, 0.15) is 39.3 Å². The van der Waals surface area contributed by atoms with Gasteiger partial charge in [0.25, 0.3) is 5.91 Å². The van der Waals surface area contributed by atoms with Gasteiger partial charge >= 0.3 is 0 Å². The van der Waals surface area contributed by atoms with Gasteiger partial charge in [0, 0.05) is 12.2 Å². The molecule has 0 aliphatic carbocycles. The second-order valence-electron chi connectivity index (χ2n) is 6.82. The van der Waals surface area contributed by atoms with Gasteiger partial charge in [0.1, 0.15) is 10.8 Å². The van der Waals surface area contributed by atoms with Crippen LogP contribution in [-0.2, 0) is 10.0 Å². The molecule has 1 fully saturated rings. The number of halogens is 1. The Kier molecular flexibility index (Phi) is 5.77. The van der Waals surface area contributed by atoms with Crippen LogP contribution in [0.2, 0.25) is 0 Å². The number of benzene rings is 2. The number of amides is 1. The molecule has 11 heteroatoms. The summed E-state index contributed by atoms with van der Waals surface area (Å²) in [7, 11) is -3.85. The summed E-state index contributed by atoms with van der Waals surface area (Å²) in [5.74, 6) is -1.04. The second-order valence-corrected chi connectivity index (χ2v) is 9.72. The molecule has 1 aliphatic rings. The first kappa shape index (κ1) is 21.0. The van der Waals surface area contributed by atoms with Crippen LogP contribution in [0.3, 0.4) is 0 Å². The first-order chi connectivity index (χ1) is 14.9. The van der Waals surface area contributed by atoms with E-state index >= 15 is 0 Å². The van der Waals surface area contributed by atoms with E-state index < -0.39 is 27.8 Å². The van der Waals surface area contributed by atoms with Gasteiger partial charge in [-0.25, -0.2) is 12.8 Å². The summed E-state index contributed by atoms with van der Waals surface area (Å²) in [6, 6.07) is 12.7. The van der Waals surface area contributed by atoms with E-state index in [4.69, 9.17) is 5.26 Å². The summed E-state index contributed by atoms with van der Waals surface area (Å²) in [6.45, 7) is 0.300. The fourth-order valence-electron chi connectivity index (χ4n) is 3.35. The molecule has 8 nitrogen and oxygen atoms in total. The van der Waals surface area contributed by atoms with Crippen molar-refractivity contribution in [1.29, 1.82) is 5.26 Å². The van der Waals surface area contributed by atoms with E-state index in [0.717, 1.165) is 11.3 Å². The van der Waals surface area contributed by atoms with Crippen LogP contribution in [0.25, 0.3) is 0 Å². The van der Waals surface area contributed by atoms with Crippen molar-refractivity contribution in [3.63, 3.8) is 0 Å². The number of carbonyl (C=O) groups excluding carboxylic acids is 1. The Hall–Kier alpha value is -3.20. The quantitative estimate of drug-likeness (QED) is 0.628. The van der Waals surface area contributed by atoms with E-state index in [0.29, 0.717) is 24.4 Å². The molecular formula is C20H16FN5O3S2. The summed E-state index contributed by atoms with van der Waals surface area (Å²) in [4.78, 5) is 12.5. The van der Waals surface area contributed by atoms with Crippen molar-refractivity contribution in [2.45, 2.75) is 23.8 Å². The first-order valence-corrected chi connectivity index (χ1v) is 11.6. The number of rotatable bonds is 5. The average Bonchev–Trinajstić information content (AvgIpc) is 3.43. The summed E-state index contributed by atoms with van der Waals surface area (Å²) >= 11 is 0.998. The van der Waals surface area contributed by atoms with E-state index in [2.05, 4.69) is 15.5 Å². The number of hydrogen-bond acceptors (Lipinski definition) is 7. The lowest BCUT2D eigenvalue weighted by atomic mass is 10.2. The van der Waals surface area contributed by atoms with Crippen LogP contribution < -0.4 is 5.32 Å². The van der Waals surface area contributed by atoms with Crippen LogP contribution in [0, 0.1) is 17.1 Å². The molecule has 1 N–H and O–H groups in total. The minimum absolute atomic E-state index is 0.0343. The molecule has 31 heavy (non-hydrogen) atoms. The zero-order valence-electron chi connectivity index (χ0n) is 16.0. The molecule has 1 atom stereocenters. The standard InChI is InChI=1S/C20H16FN5O3S2/c21-14-5-2-6-15(11-14)23-18(27)20-25-24-19(30-20)17-8-3-9-26(17)31(28,29)16-7-1-4-13(10-16)12-22/h1-2,4-7,10-11,17H,3,8-9H2,(H,23,27)/t17-/m1/s1. The van der Waals surface area contributed by atoms with Crippen molar-refractivity contribution in [1.82, 2.24) is 14.5 Å². The van der Waals surface area contributed by atoms with Gasteiger partial charge in [-0.3, -0.25) is 4.79 Å². The predicted molar refractivity (Wildman–Crippen MR) is 111 cm³/mol. The van der Waals surface area contributed by atoms with Gasteiger partial charge in [-0.05, 0) is 49.2 Å². The largest absolute Gasteiger partial charge is 0.320 e. The van der Waals surface area contributed by atoms with Crippen molar-refractivity contribution >= 4 is 33.0 Å². The lowest BCUT2D eigenvalue weighted by Crippen LogP contribution is -2.30. The normalized spacial score (nSPS) is 16.7. The molecular weight excluding hydrogens is 441 g/mol. The minimum atomic E-state index is -3.85. The van der Waals surface area contributed by atoms with Crippen molar-refractivity contribution in [3.05, 3.63) is 69.9 Å². The maximum absolute atomic E-state index is 13.3. The van der Waals surface area contributed by atoms with Gasteiger partial charge < -0.3 is 5.32 Å². The molecule has 1 aliphatic heterocycles. The Morgan fingerprint density at radius 2 is 2.03 bits per heavy atom. The number of nitriles is 1. The van der Waals surface area contributed by atoms with E-state index in [-0.39, 0.29) is 21.2 Å². The lowest BCUT2D eigenvalue weighted by molar-refractivity contribution is 0.102. The smallest absolute Gasteiger partial charge is 0.286 e. The molecule has 0 bridgehead atoms. The van der Waals surface area contributed by atoms with E-state index in [9.17, 15) is 17.6 Å². The van der Waals surface area contributed by atoms with Crippen LogP contribution in [-0.4, -0.2) is 35.4 Å². The molecule has 2 heterocycles. The fraction of sp³-hybridized carbons (Fsp3) is 0.200. The zero-order chi connectivity index (χ0) is 22.0. The Morgan fingerprint density at radius 3 is 2.81 bits per heavy atom. The number of nitrogens with one attached hydrogen (secondary N) is 1. The highest BCUT2D eigenvalue weighted by Crippen LogP contribution is 2.37. The lowest BCUT2D eigenvalue weighted by Gasteiger charge is -2.22. The highest BCUT2D eigenvalue weighted by molar-refractivity contribution is 7.89. The number of sulfonamides is 1. The third-order valence-corrected chi connectivity index (χ3v) is 7.70. The molecule has 158 valence electrons. The molecule has 3 aromatic rings. The summed E-state index contributed by atoms with van der Waals surface area (Å²) < 4.78 is 41.0. The van der Waals surface area contributed by atoms with Gasteiger partial charge in [-0.15, -0.1) is 10.2 Å². The monoisotopic (exact) mass is 457 g/mol. The fourth-order valence-corrected chi connectivity index (χ4v) is 6.01. The third-order valence-electron chi connectivity index (χ3n) is 4.78. The van der Waals surface area contributed by atoms with E-state index in [1.165, 1.54) is 46.8 Å². The Bertz CT molecular complexity index is 1290. The van der Waals surface area contributed by atoms with Crippen LogP contribution in [0.5, 0.6) is 0 Å². The first-order valence-electron chi connectivity index (χ1n) is 9.31. The molecule has 4 rings (SSSR count). The van der Waals surface area contributed by atoms with Gasteiger partial charge in [-0.1, -0.05) is 23.5 Å². The molecule has 0 saturated carbocycles. The van der Waals surface area contributed by atoms with Gasteiger partial charge in [0.05, 0.1) is 22.6 Å². The molecule has 2 aromatic carbocycles. The van der Waals surface area contributed by atoms with Crippen molar-refractivity contribution in [3.8, 4) is 6.07 Å². The van der Waals surface area contributed by atoms with Gasteiger partial charge in [0.15, 0.2) is 0 Å². The Labute approximate surface area is 182 Å². The highest BCUT2D eigenvalue weighted by atomic mass is 32.2. The molecule has 0 spiro atoms. The average molecular weight is 458 g/mol. The molecule has 0 unspecified atom stereocenters. The summed E-state index contributed by atoms with van der Waals surface area (Å²) in [5.41, 5.74) is 0.535. The van der Waals surface area contributed by atoms with Crippen LogP contribution in [0.4, 0.5) is 10.1 Å². The maximum Gasteiger partial charge on any atom is 0.286 e. The van der Waals surface area contributed by atoms with Gasteiger partial charge in [0.2, 0.25) is 15.0 Å². The number of anilines is 1. The molecule has 0 radical (unpaired) electrons. The molecule has 1 saturated heterocycles.